The van der Waals surface area contributed by atoms with E-state index in [9.17, 15) is 19.7 Å². The number of amides is 1. The Morgan fingerprint density at radius 3 is 2.86 bits per heavy atom. The lowest BCUT2D eigenvalue weighted by atomic mass is 10.0. The van der Waals surface area contributed by atoms with Gasteiger partial charge in [-0.2, -0.15) is 0 Å². The van der Waals surface area contributed by atoms with Gasteiger partial charge in [-0.15, -0.1) is 0 Å². The molecule has 0 bridgehead atoms. The topological polar surface area (TPSA) is 108 Å². The SMILES string of the molecule is O=C(OCC(=O)N1CCCc2cc([N+](=O)[O-])ccc21)c1cc(Cl)c2c(c1)OCO2. The van der Waals surface area contributed by atoms with Crippen molar-refractivity contribution >= 4 is 34.9 Å². The van der Waals surface area contributed by atoms with E-state index in [2.05, 4.69) is 0 Å². The molecule has 2 heterocycles. The van der Waals surface area contributed by atoms with Gasteiger partial charge in [0.05, 0.1) is 15.5 Å². The van der Waals surface area contributed by atoms with Crippen molar-refractivity contribution in [3.63, 3.8) is 0 Å². The first kappa shape index (κ1) is 19.0. The van der Waals surface area contributed by atoms with Crippen LogP contribution in [0.25, 0.3) is 0 Å². The Balaban J connectivity index is 1.45. The number of fused-ring (bicyclic) bond motifs is 2. The number of esters is 1. The van der Waals surface area contributed by atoms with Crippen molar-refractivity contribution in [2.45, 2.75) is 12.8 Å². The zero-order valence-electron chi connectivity index (χ0n) is 15.1. The van der Waals surface area contributed by atoms with Gasteiger partial charge in [0.15, 0.2) is 18.1 Å². The van der Waals surface area contributed by atoms with Crippen molar-refractivity contribution in [1.82, 2.24) is 0 Å². The standard InChI is InChI=1S/C19H15ClN2O7/c20-14-7-12(8-16-18(14)29-10-28-16)19(24)27-9-17(23)21-5-1-2-11-6-13(22(25)26)3-4-15(11)21/h3-4,6-8H,1-2,5,9-10H2. The number of benzene rings is 2. The van der Waals surface area contributed by atoms with Crippen molar-refractivity contribution < 1.29 is 28.7 Å². The maximum Gasteiger partial charge on any atom is 0.338 e. The summed E-state index contributed by atoms with van der Waals surface area (Å²) in [6, 6.07) is 7.19. The normalized spacial score (nSPS) is 14.3. The second-order valence-electron chi connectivity index (χ2n) is 6.49. The maximum atomic E-state index is 12.6. The lowest BCUT2D eigenvalue weighted by Crippen LogP contribution is -2.38. The van der Waals surface area contributed by atoms with Crippen molar-refractivity contribution in [3.05, 3.63) is 56.6 Å². The molecule has 4 rings (SSSR count). The lowest BCUT2D eigenvalue weighted by Gasteiger charge is -2.29. The summed E-state index contributed by atoms with van der Waals surface area (Å²) in [4.78, 5) is 36.9. The lowest BCUT2D eigenvalue weighted by molar-refractivity contribution is -0.384. The highest BCUT2D eigenvalue weighted by atomic mass is 35.5. The molecule has 0 saturated heterocycles. The highest BCUT2D eigenvalue weighted by Crippen LogP contribution is 2.40. The summed E-state index contributed by atoms with van der Waals surface area (Å²) in [5.74, 6) is -0.444. The molecule has 1 amide bonds. The van der Waals surface area contributed by atoms with E-state index in [-0.39, 0.29) is 23.1 Å². The Labute approximate surface area is 169 Å². The van der Waals surface area contributed by atoms with Crippen LogP contribution in [0.3, 0.4) is 0 Å². The van der Waals surface area contributed by atoms with Crippen LogP contribution in [0.15, 0.2) is 30.3 Å². The molecule has 0 aromatic heterocycles. The summed E-state index contributed by atoms with van der Waals surface area (Å²) in [6.45, 7) is -0.0169. The van der Waals surface area contributed by atoms with Gasteiger partial charge in [-0.3, -0.25) is 14.9 Å². The van der Waals surface area contributed by atoms with Gasteiger partial charge in [0.25, 0.3) is 11.6 Å². The Hall–Kier alpha value is -3.33. The monoisotopic (exact) mass is 418 g/mol. The van der Waals surface area contributed by atoms with Crippen LogP contribution in [0, 0.1) is 10.1 Å². The molecular weight excluding hydrogens is 404 g/mol. The van der Waals surface area contributed by atoms with Crippen LogP contribution in [0.4, 0.5) is 11.4 Å². The molecule has 10 heteroatoms. The summed E-state index contributed by atoms with van der Waals surface area (Å²) in [6.07, 6.45) is 1.29. The molecule has 0 atom stereocenters. The molecule has 0 radical (unpaired) electrons. The minimum atomic E-state index is -0.723. The first-order valence-electron chi connectivity index (χ1n) is 8.78. The van der Waals surface area contributed by atoms with E-state index < -0.39 is 23.4 Å². The average Bonchev–Trinajstić information content (AvgIpc) is 3.20. The summed E-state index contributed by atoms with van der Waals surface area (Å²) < 4.78 is 15.5. The predicted molar refractivity (Wildman–Crippen MR) is 102 cm³/mol. The zero-order valence-corrected chi connectivity index (χ0v) is 15.8. The number of carbonyl (C=O) groups is 2. The van der Waals surface area contributed by atoms with Crippen LogP contribution in [-0.2, 0) is 16.0 Å². The third-order valence-electron chi connectivity index (χ3n) is 4.68. The van der Waals surface area contributed by atoms with Crippen molar-refractivity contribution in [2.75, 3.05) is 24.8 Å². The molecular formula is C19H15ClN2O7. The third kappa shape index (κ3) is 3.68. The fourth-order valence-electron chi connectivity index (χ4n) is 3.33. The molecule has 9 nitrogen and oxygen atoms in total. The highest BCUT2D eigenvalue weighted by molar-refractivity contribution is 6.32. The van der Waals surface area contributed by atoms with Crippen molar-refractivity contribution in [1.29, 1.82) is 0 Å². The van der Waals surface area contributed by atoms with E-state index in [0.29, 0.717) is 42.1 Å². The van der Waals surface area contributed by atoms with Crippen LogP contribution in [-0.4, -0.2) is 36.7 Å². The number of non-ortho nitro benzene ring substituents is 1. The van der Waals surface area contributed by atoms with Crippen LogP contribution in [0.2, 0.25) is 5.02 Å². The number of anilines is 1. The fraction of sp³-hybridized carbons (Fsp3) is 0.263. The van der Waals surface area contributed by atoms with E-state index >= 15 is 0 Å². The molecule has 2 aliphatic heterocycles. The Morgan fingerprint density at radius 2 is 2.07 bits per heavy atom. The number of halogens is 1. The maximum absolute atomic E-state index is 12.6. The molecule has 0 saturated carbocycles. The second kappa shape index (κ2) is 7.59. The second-order valence-corrected chi connectivity index (χ2v) is 6.89. The number of carbonyl (C=O) groups excluding carboxylic acids is 2. The van der Waals surface area contributed by atoms with Gasteiger partial charge in [0.1, 0.15) is 0 Å². The Kier molecular flexibility index (Phi) is 4.98. The smallest absolute Gasteiger partial charge is 0.338 e. The van der Waals surface area contributed by atoms with Crippen LogP contribution < -0.4 is 14.4 Å². The first-order chi connectivity index (χ1) is 13.9. The van der Waals surface area contributed by atoms with E-state index in [0.717, 1.165) is 0 Å². The number of rotatable bonds is 4. The first-order valence-corrected chi connectivity index (χ1v) is 9.16. The zero-order chi connectivity index (χ0) is 20.5. The van der Waals surface area contributed by atoms with Gasteiger partial charge >= 0.3 is 5.97 Å². The van der Waals surface area contributed by atoms with E-state index in [4.69, 9.17) is 25.8 Å². The van der Waals surface area contributed by atoms with Gasteiger partial charge < -0.3 is 19.1 Å². The molecule has 2 aromatic carbocycles. The van der Waals surface area contributed by atoms with Crippen LogP contribution in [0.5, 0.6) is 11.5 Å². The third-order valence-corrected chi connectivity index (χ3v) is 4.96. The van der Waals surface area contributed by atoms with Gasteiger partial charge in [0.2, 0.25) is 6.79 Å². The molecule has 0 N–H and O–H groups in total. The van der Waals surface area contributed by atoms with Gasteiger partial charge in [-0.05, 0) is 36.6 Å². The number of nitro groups is 1. The van der Waals surface area contributed by atoms with Crippen molar-refractivity contribution in [3.8, 4) is 11.5 Å². The van der Waals surface area contributed by atoms with Gasteiger partial charge in [0, 0.05) is 24.4 Å². The minimum Gasteiger partial charge on any atom is -0.454 e. The van der Waals surface area contributed by atoms with Gasteiger partial charge in [-0.25, -0.2) is 4.79 Å². The summed E-state index contributed by atoms with van der Waals surface area (Å²) in [5.41, 5.74) is 1.42. The van der Waals surface area contributed by atoms with Crippen LogP contribution in [0.1, 0.15) is 22.3 Å². The predicted octanol–water partition coefficient (Wildman–Crippen LogP) is 3.11. The van der Waals surface area contributed by atoms with Crippen LogP contribution >= 0.6 is 11.6 Å². The molecule has 0 aliphatic carbocycles. The quantitative estimate of drug-likeness (QED) is 0.426. The number of hydrogen-bond acceptors (Lipinski definition) is 7. The number of nitro benzene ring substituents is 1. The van der Waals surface area contributed by atoms with Gasteiger partial charge in [-0.1, -0.05) is 11.6 Å². The molecule has 2 aliphatic rings. The summed E-state index contributed by atoms with van der Waals surface area (Å²) in [5, 5.41) is 11.2. The number of aryl methyl sites for hydroxylation is 1. The minimum absolute atomic E-state index is 0.0125. The average molecular weight is 419 g/mol. The number of ether oxygens (including phenoxy) is 3. The molecule has 0 unspecified atom stereocenters. The summed E-state index contributed by atoms with van der Waals surface area (Å²) in [7, 11) is 0. The largest absolute Gasteiger partial charge is 0.454 e. The van der Waals surface area contributed by atoms with E-state index in [1.165, 1.54) is 29.2 Å². The van der Waals surface area contributed by atoms with E-state index in [1.54, 1.807) is 6.07 Å². The molecule has 29 heavy (non-hydrogen) atoms. The van der Waals surface area contributed by atoms with Crippen molar-refractivity contribution in [2.24, 2.45) is 0 Å². The number of hydrogen-bond donors (Lipinski definition) is 0. The Bertz CT molecular complexity index is 1020. The molecule has 0 spiro atoms. The number of nitrogens with zero attached hydrogens (tertiary/aromatic N) is 2. The van der Waals surface area contributed by atoms with E-state index in [1.807, 2.05) is 0 Å². The molecule has 0 fully saturated rings. The molecule has 2 aromatic rings. The Morgan fingerprint density at radius 1 is 1.24 bits per heavy atom. The fourth-order valence-corrected chi connectivity index (χ4v) is 3.60. The molecule has 150 valence electrons. The highest BCUT2D eigenvalue weighted by Gasteiger charge is 2.26. The summed E-state index contributed by atoms with van der Waals surface area (Å²) >= 11 is 6.06.